The molecule has 2 rings (SSSR count). The highest BCUT2D eigenvalue weighted by Crippen LogP contribution is 2.30. The Morgan fingerprint density at radius 1 is 1.50 bits per heavy atom. The van der Waals surface area contributed by atoms with Gasteiger partial charge in [-0.15, -0.1) is 0 Å². The molecule has 1 aromatic rings. The van der Waals surface area contributed by atoms with Gasteiger partial charge in [0.05, 0.1) is 5.69 Å². The van der Waals surface area contributed by atoms with Crippen LogP contribution in [0, 0.1) is 0 Å². The van der Waals surface area contributed by atoms with E-state index in [0.29, 0.717) is 5.92 Å². The maximum Gasteiger partial charge on any atom is 0.0667 e. The number of aryl methyl sites for hydroxylation is 1. The predicted molar refractivity (Wildman–Crippen MR) is 51.1 cm³/mol. The number of hydrogen-bond acceptors (Lipinski definition) is 1. The van der Waals surface area contributed by atoms with E-state index in [0.717, 1.165) is 6.42 Å². The Kier molecular flexibility index (Phi) is 1.72. The van der Waals surface area contributed by atoms with Crippen LogP contribution in [0.25, 0.3) is 6.08 Å². The van der Waals surface area contributed by atoms with Gasteiger partial charge in [0.2, 0.25) is 0 Å². The molecule has 0 amide bonds. The Hall–Kier alpha value is -1.11. The van der Waals surface area contributed by atoms with Crippen LogP contribution in [0.2, 0.25) is 0 Å². The summed E-state index contributed by atoms with van der Waals surface area (Å²) in [5.41, 5.74) is 4.04. The van der Waals surface area contributed by atoms with Crippen LogP contribution in [0.3, 0.4) is 0 Å². The number of aromatic nitrogens is 1. The molecule has 0 spiro atoms. The quantitative estimate of drug-likeness (QED) is 0.614. The highest BCUT2D eigenvalue weighted by molar-refractivity contribution is 5.60. The van der Waals surface area contributed by atoms with E-state index in [-0.39, 0.29) is 0 Å². The minimum absolute atomic E-state index is 0.559. The first kappa shape index (κ1) is 7.53. The summed E-state index contributed by atoms with van der Waals surface area (Å²) in [6.07, 6.45) is 7.35. The van der Waals surface area contributed by atoms with Gasteiger partial charge >= 0.3 is 0 Å². The van der Waals surface area contributed by atoms with Gasteiger partial charge in [-0.3, -0.25) is 4.98 Å². The zero-order chi connectivity index (χ0) is 8.55. The Morgan fingerprint density at radius 3 is 3.08 bits per heavy atom. The third-order valence-corrected chi connectivity index (χ3v) is 2.49. The molecule has 62 valence electrons. The third kappa shape index (κ3) is 0.970. The van der Waals surface area contributed by atoms with Crippen LogP contribution in [0.15, 0.2) is 18.3 Å². The first-order valence-electron chi connectivity index (χ1n) is 4.49. The van der Waals surface area contributed by atoms with Crippen molar-refractivity contribution in [2.75, 3.05) is 0 Å². The molecule has 0 aromatic carbocycles. The second-order valence-corrected chi connectivity index (χ2v) is 3.27. The second kappa shape index (κ2) is 2.74. The van der Waals surface area contributed by atoms with Crippen molar-refractivity contribution >= 4 is 6.08 Å². The molecule has 0 aliphatic heterocycles. The second-order valence-electron chi connectivity index (χ2n) is 3.27. The largest absolute Gasteiger partial charge is 0.257 e. The molecule has 0 saturated heterocycles. The van der Waals surface area contributed by atoms with Crippen molar-refractivity contribution in [3.05, 3.63) is 35.2 Å². The lowest BCUT2D eigenvalue weighted by molar-refractivity contribution is 0.932. The van der Waals surface area contributed by atoms with Gasteiger partial charge < -0.3 is 0 Å². The van der Waals surface area contributed by atoms with Crippen molar-refractivity contribution in [3.63, 3.8) is 0 Å². The van der Waals surface area contributed by atoms with E-state index < -0.39 is 0 Å². The van der Waals surface area contributed by atoms with Crippen LogP contribution in [0.4, 0.5) is 0 Å². The Morgan fingerprint density at radius 2 is 2.33 bits per heavy atom. The zero-order valence-corrected chi connectivity index (χ0v) is 7.54. The standard InChI is InChI=1S/C11H13N/c1-3-9-6-7-12-10-5-4-8(2)11(9)10/h4-8H,3H2,1-2H3. The minimum atomic E-state index is 0.559. The van der Waals surface area contributed by atoms with Crippen LogP contribution in [-0.4, -0.2) is 4.98 Å². The molecule has 1 aliphatic carbocycles. The highest BCUT2D eigenvalue weighted by atomic mass is 14.7. The van der Waals surface area contributed by atoms with Gasteiger partial charge in [-0.25, -0.2) is 0 Å². The topological polar surface area (TPSA) is 12.9 Å². The summed E-state index contributed by atoms with van der Waals surface area (Å²) in [5.74, 6) is 0.559. The van der Waals surface area contributed by atoms with Crippen molar-refractivity contribution in [3.8, 4) is 0 Å². The van der Waals surface area contributed by atoms with E-state index in [9.17, 15) is 0 Å². The number of nitrogens with zero attached hydrogens (tertiary/aromatic N) is 1. The van der Waals surface area contributed by atoms with Gasteiger partial charge in [0.15, 0.2) is 0 Å². The maximum absolute atomic E-state index is 4.33. The van der Waals surface area contributed by atoms with Gasteiger partial charge in [-0.1, -0.05) is 19.9 Å². The molecule has 1 heterocycles. The van der Waals surface area contributed by atoms with Crippen molar-refractivity contribution in [2.45, 2.75) is 26.2 Å². The van der Waals surface area contributed by atoms with Crippen molar-refractivity contribution < 1.29 is 0 Å². The van der Waals surface area contributed by atoms with E-state index in [4.69, 9.17) is 0 Å². The van der Waals surface area contributed by atoms with Gasteiger partial charge in [0, 0.05) is 12.1 Å². The van der Waals surface area contributed by atoms with Gasteiger partial charge in [0.1, 0.15) is 0 Å². The van der Waals surface area contributed by atoms with Gasteiger partial charge in [-0.05, 0) is 29.7 Å². The molecule has 0 saturated carbocycles. The fourth-order valence-corrected chi connectivity index (χ4v) is 1.83. The summed E-state index contributed by atoms with van der Waals surface area (Å²) in [7, 11) is 0. The molecular weight excluding hydrogens is 146 g/mol. The van der Waals surface area contributed by atoms with Gasteiger partial charge in [0.25, 0.3) is 0 Å². The predicted octanol–water partition coefficient (Wildman–Crippen LogP) is 2.77. The fourth-order valence-electron chi connectivity index (χ4n) is 1.83. The molecule has 12 heavy (non-hydrogen) atoms. The van der Waals surface area contributed by atoms with E-state index >= 15 is 0 Å². The molecule has 1 aromatic heterocycles. The van der Waals surface area contributed by atoms with Crippen LogP contribution in [0.5, 0.6) is 0 Å². The first-order chi connectivity index (χ1) is 5.83. The number of pyridine rings is 1. The minimum Gasteiger partial charge on any atom is -0.257 e. The normalized spacial score (nSPS) is 19.7. The average Bonchev–Trinajstić information content (AvgIpc) is 2.48. The summed E-state index contributed by atoms with van der Waals surface area (Å²) in [4.78, 5) is 4.33. The summed E-state index contributed by atoms with van der Waals surface area (Å²) in [6.45, 7) is 4.42. The molecule has 1 heteroatoms. The number of hydrogen-bond donors (Lipinski definition) is 0. The average molecular weight is 159 g/mol. The lowest BCUT2D eigenvalue weighted by Gasteiger charge is -2.09. The number of allylic oxidation sites excluding steroid dienone is 1. The fraction of sp³-hybridized carbons (Fsp3) is 0.364. The van der Waals surface area contributed by atoms with E-state index in [2.05, 4.69) is 37.0 Å². The summed E-state index contributed by atoms with van der Waals surface area (Å²) in [6, 6.07) is 2.13. The van der Waals surface area contributed by atoms with Crippen LogP contribution >= 0.6 is 0 Å². The molecule has 1 atom stereocenters. The maximum atomic E-state index is 4.33. The SMILES string of the molecule is CCc1ccnc2c1C(C)C=C2. The molecular formula is C11H13N. The molecule has 0 bridgehead atoms. The molecule has 1 aliphatic rings. The summed E-state index contributed by atoms with van der Waals surface area (Å²) >= 11 is 0. The molecule has 0 fully saturated rings. The lowest BCUT2D eigenvalue weighted by atomic mass is 9.98. The lowest BCUT2D eigenvalue weighted by Crippen LogP contribution is -1.96. The van der Waals surface area contributed by atoms with E-state index in [1.54, 1.807) is 0 Å². The van der Waals surface area contributed by atoms with Crippen molar-refractivity contribution in [1.29, 1.82) is 0 Å². The van der Waals surface area contributed by atoms with Crippen LogP contribution in [0.1, 0.15) is 36.6 Å². The zero-order valence-electron chi connectivity index (χ0n) is 7.54. The Bertz CT molecular complexity index is 326. The monoisotopic (exact) mass is 159 g/mol. The van der Waals surface area contributed by atoms with Crippen LogP contribution < -0.4 is 0 Å². The first-order valence-corrected chi connectivity index (χ1v) is 4.49. The molecule has 1 nitrogen and oxygen atoms in total. The van der Waals surface area contributed by atoms with E-state index in [1.807, 2.05) is 6.20 Å². The van der Waals surface area contributed by atoms with Crippen molar-refractivity contribution in [2.24, 2.45) is 0 Å². The summed E-state index contributed by atoms with van der Waals surface area (Å²) < 4.78 is 0. The van der Waals surface area contributed by atoms with Crippen molar-refractivity contribution in [1.82, 2.24) is 4.98 Å². The Balaban J connectivity index is 2.58. The van der Waals surface area contributed by atoms with E-state index in [1.165, 1.54) is 16.8 Å². The van der Waals surface area contributed by atoms with Gasteiger partial charge in [-0.2, -0.15) is 0 Å². The highest BCUT2D eigenvalue weighted by Gasteiger charge is 2.16. The van der Waals surface area contributed by atoms with Crippen LogP contribution in [-0.2, 0) is 6.42 Å². The number of fused-ring (bicyclic) bond motifs is 1. The molecule has 1 unspecified atom stereocenters. The summed E-state index contributed by atoms with van der Waals surface area (Å²) in [5, 5.41) is 0. The smallest absolute Gasteiger partial charge is 0.0667 e. The molecule has 0 radical (unpaired) electrons. The Labute approximate surface area is 73.1 Å². The third-order valence-electron chi connectivity index (χ3n) is 2.49. The number of rotatable bonds is 1. The molecule has 0 N–H and O–H groups in total.